The van der Waals surface area contributed by atoms with Crippen LogP contribution in [0.1, 0.15) is 15.9 Å². The van der Waals surface area contributed by atoms with Gasteiger partial charge in [-0.05, 0) is 30.7 Å². The van der Waals surface area contributed by atoms with E-state index in [1.54, 1.807) is 13.0 Å². The minimum atomic E-state index is -1.07. The molecule has 0 radical (unpaired) electrons. The van der Waals surface area contributed by atoms with Gasteiger partial charge in [0.25, 0.3) is 5.91 Å². The smallest absolute Gasteiger partial charge is 0.329 e. The van der Waals surface area contributed by atoms with Gasteiger partial charge in [0.1, 0.15) is 12.4 Å². The summed E-state index contributed by atoms with van der Waals surface area (Å²) < 4.78 is 17.8. The first-order valence-corrected chi connectivity index (χ1v) is 5.34. The minimum absolute atomic E-state index is 0.0896. The molecule has 0 spiro atoms. The molecule has 0 aromatic heterocycles. The zero-order valence-corrected chi connectivity index (χ0v) is 9.90. The summed E-state index contributed by atoms with van der Waals surface area (Å²) in [5.74, 6) is -1.96. The predicted molar refractivity (Wildman–Crippen MR) is 61.9 cm³/mol. The van der Waals surface area contributed by atoms with Crippen LogP contribution in [0.2, 0.25) is 0 Å². The molecule has 1 amide bonds. The molecule has 0 aliphatic rings. The van der Waals surface area contributed by atoms with Gasteiger partial charge in [0, 0.05) is 12.1 Å². The molecule has 0 heterocycles. The molecule has 5 nitrogen and oxygen atoms in total. The van der Waals surface area contributed by atoms with Crippen molar-refractivity contribution in [2.24, 2.45) is 0 Å². The van der Waals surface area contributed by atoms with Crippen LogP contribution >= 0.6 is 0 Å². The van der Waals surface area contributed by atoms with E-state index >= 15 is 0 Å². The van der Waals surface area contributed by atoms with E-state index in [4.69, 9.17) is 9.84 Å². The first-order chi connectivity index (χ1) is 8.49. The molecular weight excluding hydrogens is 241 g/mol. The summed E-state index contributed by atoms with van der Waals surface area (Å²) in [6.45, 7) is 1.54. The zero-order chi connectivity index (χ0) is 13.5. The summed E-state index contributed by atoms with van der Waals surface area (Å²) in [4.78, 5) is 21.7. The Kier molecular flexibility index (Phi) is 5.26. The van der Waals surface area contributed by atoms with Gasteiger partial charge >= 0.3 is 5.97 Å². The van der Waals surface area contributed by atoms with E-state index in [1.807, 2.05) is 0 Å². The van der Waals surface area contributed by atoms with E-state index in [0.717, 1.165) is 6.07 Å². The topological polar surface area (TPSA) is 75.6 Å². The number of halogens is 1. The van der Waals surface area contributed by atoms with Gasteiger partial charge in [-0.25, -0.2) is 9.18 Å². The quantitative estimate of drug-likeness (QED) is 0.742. The van der Waals surface area contributed by atoms with Crippen LogP contribution in [-0.2, 0) is 9.53 Å². The van der Waals surface area contributed by atoms with E-state index < -0.39 is 24.3 Å². The SMILES string of the molecule is Cc1cc(F)cc(C(=O)NCCOCC(=O)O)c1. The van der Waals surface area contributed by atoms with Crippen molar-refractivity contribution in [3.05, 3.63) is 35.1 Å². The highest BCUT2D eigenvalue weighted by Crippen LogP contribution is 2.07. The van der Waals surface area contributed by atoms with E-state index in [1.165, 1.54) is 6.07 Å². The highest BCUT2D eigenvalue weighted by Gasteiger charge is 2.07. The minimum Gasteiger partial charge on any atom is -0.480 e. The molecule has 98 valence electrons. The fourth-order valence-electron chi connectivity index (χ4n) is 1.37. The average molecular weight is 255 g/mol. The summed E-state index contributed by atoms with van der Waals surface area (Å²) in [5, 5.41) is 10.8. The van der Waals surface area contributed by atoms with Crippen molar-refractivity contribution >= 4 is 11.9 Å². The van der Waals surface area contributed by atoms with Gasteiger partial charge < -0.3 is 15.2 Å². The van der Waals surface area contributed by atoms with Crippen LogP contribution in [0.3, 0.4) is 0 Å². The molecule has 0 unspecified atom stereocenters. The third-order valence-electron chi connectivity index (χ3n) is 2.06. The maximum atomic E-state index is 13.1. The van der Waals surface area contributed by atoms with Gasteiger partial charge in [-0.2, -0.15) is 0 Å². The van der Waals surface area contributed by atoms with Crippen molar-refractivity contribution in [2.45, 2.75) is 6.92 Å². The second kappa shape index (κ2) is 6.70. The molecule has 18 heavy (non-hydrogen) atoms. The molecule has 0 atom stereocenters. The largest absolute Gasteiger partial charge is 0.480 e. The summed E-state index contributed by atoms with van der Waals surface area (Å²) in [7, 11) is 0. The number of hydrogen-bond acceptors (Lipinski definition) is 3. The summed E-state index contributed by atoms with van der Waals surface area (Å²) in [6, 6.07) is 4.03. The van der Waals surface area contributed by atoms with E-state index in [2.05, 4.69) is 5.32 Å². The average Bonchev–Trinajstić information content (AvgIpc) is 2.26. The van der Waals surface area contributed by atoms with Gasteiger partial charge in [0.15, 0.2) is 0 Å². The lowest BCUT2D eigenvalue weighted by Crippen LogP contribution is -2.28. The number of amides is 1. The van der Waals surface area contributed by atoms with Crippen molar-refractivity contribution < 1.29 is 23.8 Å². The Hall–Kier alpha value is -1.95. The Morgan fingerprint density at radius 2 is 2.11 bits per heavy atom. The molecular formula is C12H14FNO4. The highest BCUT2D eigenvalue weighted by atomic mass is 19.1. The Morgan fingerprint density at radius 3 is 2.72 bits per heavy atom. The fraction of sp³-hybridized carbons (Fsp3) is 0.333. The van der Waals surface area contributed by atoms with E-state index in [0.29, 0.717) is 5.56 Å². The van der Waals surface area contributed by atoms with Crippen LogP contribution in [0, 0.1) is 12.7 Å². The fourth-order valence-corrected chi connectivity index (χ4v) is 1.37. The molecule has 0 saturated carbocycles. The first-order valence-electron chi connectivity index (χ1n) is 5.34. The van der Waals surface area contributed by atoms with Crippen LogP contribution in [0.5, 0.6) is 0 Å². The normalized spacial score (nSPS) is 10.1. The Labute approximate surface area is 104 Å². The summed E-state index contributed by atoms with van der Waals surface area (Å²) >= 11 is 0. The van der Waals surface area contributed by atoms with Crippen LogP contribution in [0.15, 0.2) is 18.2 Å². The number of carbonyl (C=O) groups excluding carboxylic acids is 1. The molecule has 2 N–H and O–H groups in total. The number of carboxylic acid groups (broad SMARTS) is 1. The van der Waals surface area contributed by atoms with Crippen molar-refractivity contribution in [3.63, 3.8) is 0 Å². The van der Waals surface area contributed by atoms with Gasteiger partial charge in [0.2, 0.25) is 0 Å². The maximum Gasteiger partial charge on any atom is 0.329 e. The highest BCUT2D eigenvalue weighted by molar-refractivity contribution is 5.94. The number of benzene rings is 1. The lowest BCUT2D eigenvalue weighted by Gasteiger charge is -2.06. The van der Waals surface area contributed by atoms with Gasteiger partial charge in [0.05, 0.1) is 6.61 Å². The molecule has 1 aromatic carbocycles. The Balaban J connectivity index is 2.38. The number of rotatable bonds is 6. The predicted octanol–water partition coefficient (Wildman–Crippen LogP) is 0.965. The van der Waals surface area contributed by atoms with Crippen LogP contribution in [-0.4, -0.2) is 36.7 Å². The molecule has 1 rings (SSSR count). The molecule has 1 aromatic rings. The van der Waals surface area contributed by atoms with Gasteiger partial charge in [-0.1, -0.05) is 0 Å². The number of aliphatic carboxylic acids is 1. The number of nitrogens with one attached hydrogen (secondary N) is 1. The Morgan fingerprint density at radius 1 is 1.39 bits per heavy atom. The van der Waals surface area contributed by atoms with E-state index in [-0.39, 0.29) is 18.7 Å². The first kappa shape index (κ1) is 14.1. The van der Waals surface area contributed by atoms with Crippen LogP contribution in [0.4, 0.5) is 4.39 Å². The van der Waals surface area contributed by atoms with Crippen molar-refractivity contribution in [2.75, 3.05) is 19.8 Å². The molecule has 0 fully saturated rings. The monoisotopic (exact) mass is 255 g/mol. The van der Waals surface area contributed by atoms with Crippen molar-refractivity contribution in [1.82, 2.24) is 5.32 Å². The summed E-state index contributed by atoms with van der Waals surface area (Å²) in [5.41, 5.74) is 0.882. The van der Waals surface area contributed by atoms with E-state index in [9.17, 15) is 14.0 Å². The number of carbonyl (C=O) groups is 2. The van der Waals surface area contributed by atoms with Gasteiger partial charge in [-0.15, -0.1) is 0 Å². The number of aryl methyl sites for hydroxylation is 1. The third kappa shape index (κ3) is 4.92. The van der Waals surface area contributed by atoms with Crippen molar-refractivity contribution in [3.8, 4) is 0 Å². The number of hydrogen-bond donors (Lipinski definition) is 2. The molecule has 0 bridgehead atoms. The lowest BCUT2D eigenvalue weighted by atomic mass is 10.1. The summed E-state index contributed by atoms with van der Waals surface area (Å²) in [6.07, 6.45) is 0. The lowest BCUT2D eigenvalue weighted by molar-refractivity contribution is -0.142. The second-order valence-electron chi connectivity index (χ2n) is 3.72. The molecule has 0 saturated heterocycles. The third-order valence-corrected chi connectivity index (χ3v) is 2.06. The second-order valence-corrected chi connectivity index (χ2v) is 3.72. The molecule has 0 aliphatic carbocycles. The standard InChI is InChI=1S/C12H14FNO4/c1-8-4-9(6-10(13)5-8)12(17)14-2-3-18-7-11(15)16/h4-6H,2-3,7H2,1H3,(H,14,17)(H,15,16). The molecule has 6 heteroatoms. The van der Waals surface area contributed by atoms with Crippen molar-refractivity contribution in [1.29, 1.82) is 0 Å². The van der Waals surface area contributed by atoms with Crippen LogP contribution in [0.25, 0.3) is 0 Å². The zero-order valence-electron chi connectivity index (χ0n) is 9.90. The number of ether oxygens (including phenoxy) is 1. The maximum absolute atomic E-state index is 13.1. The van der Waals surface area contributed by atoms with Crippen LogP contribution < -0.4 is 5.32 Å². The number of carboxylic acids is 1. The Bertz CT molecular complexity index is 427. The van der Waals surface area contributed by atoms with Gasteiger partial charge in [-0.3, -0.25) is 4.79 Å². The molecule has 0 aliphatic heterocycles.